The number of carbonyl (C=O) groups is 1. The Morgan fingerprint density at radius 2 is 2.64 bits per heavy atom. The molecular formula is C7H6N2O2. The number of aromatic nitrogens is 2. The zero-order valence-corrected chi connectivity index (χ0v) is 5.92. The Morgan fingerprint density at radius 3 is 3.18 bits per heavy atom. The highest BCUT2D eigenvalue weighted by atomic mass is 16.5. The molecule has 0 aliphatic carbocycles. The third-order valence-corrected chi connectivity index (χ3v) is 0.983. The van der Waals surface area contributed by atoms with E-state index in [4.69, 9.17) is 0 Å². The minimum absolute atomic E-state index is 0.556. The average molecular weight is 150 g/mol. The van der Waals surface area contributed by atoms with Gasteiger partial charge in [-0.25, -0.2) is 9.78 Å². The van der Waals surface area contributed by atoms with Crippen LogP contribution in [-0.2, 0) is 9.53 Å². The van der Waals surface area contributed by atoms with Gasteiger partial charge in [-0.05, 0) is 5.92 Å². The van der Waals surface area contributed by atoms with Crippen molar-refractivity contribution in [2.24, 2.45) is 0 Å². The lowest BCUT2D eigenvalue weighted by molar-refractivity contribution is -0.133. The van der Waals surface area contributed by atoms with Gasteiger partial charge in [0.1, 0.15) is 5.69 Å². The summed E-state index contributed by atoms with van der Waals surface area (Å²) in [5, 5.41) is 0. The SMILES string of the molecule is COC(=O)C#Cc1cnc[nH]1. The molecule has 1 N–H and O–H groups in total. The Bertz CT molecular complexity index is 292. The summed E-state index contributed by atoms with van der Waals surface area (Å²) in [6, 6.07) is 0. The fraction of sp³-hybridized carbons (Fsp3) is 0.143. The zero-order valence-electron chi connectivity index (χ0n) is 5.92. The van der Waals surface area contributed by atoms with Crippen molar-refractivity contribution >= 4 is 5.97 Å². The molecule has 0 aliphatic heterocycles. The van der Waals surface area contributed by atoms with E-state index in [2.05, 4.69) is 26.5 Å². The molecule has 0 spiro atoms. The maximum atomic E-state index is 10.5. The molecule has 1 aromatic rings. The number of methoxy groups -OCH3 is 1. The molecule has 0 fully saturated rings. The summed E-state index contributed by atoms with van der Waals surface area (Å²) in [4.78, 5) is 16.9. The van der Waals surface area contributed by atoms with Crippen LogP contribution in [0.2, 0.25) is 0 Å². The van der Waals surface area contributed by atoms with Gasteiger partial charge in [0.25, 0.3) is 0 Å². The Morgan fingerprint density at radius 1 is 1.82 bits per heavy atom. The highest BCUT2D eigenvalue weighted by molar-refractivity contribution is 5.88. The van der Waals surface area contributed by atoms with Gasteiger partial charge in [0.2, 0.25) is 0 Å². The summed E-state index contributed by atoms with van der Waals surface area (Å²) in [6.07, 6.45) is 3.01. The van der Waals surface area contributed by atoms with Crippen LogP contribution in [0, 0.1) is 11.8 Å². The van der Waals surface area contributed by atoms with Gasteiger partial charge in [-0.2, -0.15) is 0 Å². The van der Waals surface area contributed by atoms with Gasteiger partial charge < -0.3 is 9.72 Å². The molecular weight excluding hydrogens is 144 g/mol. The van der Waals surface area contributed by atoms with Crippen molar-refractivity contribution in [3.05, 3.63) is 18.2 Å². The van der Waals surface area contributed by atoms with E-state index < -0.39 is 5.97 Å². The molecule has 0 amide bonds. The van der Waals surface area contributed by atoms with Crippen LogP contribution < -0.4 is 0 Å². The molecule has 0 unspecified atom stereocenters. The smallest absolute Gasteiger partial charge is 0.384 e. The fourth-order valence-corrected chi connectivity index (χ4v) is 0.494. The van der Waals surface area contributed by atoms with Crippen molar-refractivity contribution in [3.8, 4) is 11.8 Å². The second-order valence-electron chi connectivity index (χ2n) is 1.71. The third-order valence-electron chi connectivity index (χ3n) is 0.983. The Labute approximate surface area is 63.6 Å². The maximum Gasteiger partial charge on any atom is 0.384 e. The molecule has 4 nitrogen and oxygen atoms in total. The molecule has 0 aliphatic rings. The van der Waals surface area contributed by atoms with Gasteiger partial charge in [0.05, 0.1) is 19.6 Å². The number of esters is 1. The lowest BCUT2D eigenvalue weighted by Gasteiger charge is -1.82. The van der Waals surface area contributed by atoms with E-state index in [1.54, 1.807) is 0 Å². The third kappa shape index (κ3) is 2.14. The van der Waals surface area contributed by atoms with Crippen LogP contribution in [0.3, 0.4) is 0 Å². The van der Waals surface area contributed by atoms with Crippen LogP contribution >= 0.6 is 0 Å². The van der Waals surface area contributed by atoms with Crippen LogP contribution in [0.5, 0.6) is 0 Å². The van der Waals surface area contributed by atoms with Crippen LogP contribution in [-0.4, -0.2) is 23.0 Å². The largest absolute Gasteiger partial charge is 0.459 e. The van der Waals surface area contributed by atoms with E-state index in [1.165, 1.54) is 19.6 Å². The van der Waals surface area contributed by atoms with Crippen molar-refractivity contribution in [1.29, 1.82) is 0 Å². The van der Waals surface area contributed by atoms with Crippen molar-refractivity contribution in [1.82, 2.24) is 9.97 Å². The van der Waals surface area contributed by atoms with Crippen LogP contribution in [0.1, 0.15) is 5.69 Å². The molecule has 56 valence electrons. The van der Waals surface area contributed by atoms with E-state index in [9.17, 15) is 4.79 Å². The van der Waals surface area contributed by atoms with Crippen molar-refractivity contribution < 1.29 is 9.53 Å². The summed E-state index contributed by atoms with van der Waals surface area (Å²) < 4.78 is 4.30. The van der Waals surface area contributed by atoms with E-state index in [0.29, 0.717) is 5.69 Å². The predicted molar refractivity (Wildman–Crippen MR) is 37.5 cm³/mol. The summed E-state index contributed by atoms with van der Waals surface area (Å²) in [5.74, 6) is 4.23. The van der Waals surface area contributed by atoms with Crippen LogP contribution in [0.15, 0.2) is 12.5 Å². The van der Waals surface area contributed by atoms with E-state index >= 15 is 0 Å². The number of nitrogens with one attached hydrogen (secondary N) is 1. The summed E-state index contributed by atoms with van der Waals surface area (Å²) >= 11 is 0. The van der Waals surface area contributed by atoms with Gasteiger partial charge in [-0.3, -0.25) is 0 Å². The molecule has 0 saturated carbocycles. The van der Waals surface area contributed by atoms with Gasteiger partial charge in [-0.1, -0.05) is 0 Å². The van der Waals surface area contributed by atoms with Crippen LogP contribution in [0.4, 0.5) is 0 Å². The summed E-state index contributed by atoms with van der Waals surface area (Å²) in [7, 11) is 1.28. The number of H-pyrrole nitrogens is 1. The minimum Gasteiger partial charge on any atom is -0.459 e. The van der Waals surface area contributed by atoms with Crippen molar-refractivity contribution in [2.45, 2.75) is 0 Å². The van der Waals surface area contributed by atoms with Crippen LogP contribution in [0.25, 0.3) is 0 Å². The van der Waals surface area contributed by atoms with Gasteiger partial charge >= 0.3 is 5.97 Å². The highest BCUT2D eigenvalue weighted by Crippen LogP contribution is 1.85. The Kier molecular flexibility index (Phi) is 2.28. The second-order valence-corrected chi connectivity index (χ2v) is 1.71. The first kappa shape index (κ1) is 7.35. The molecule has 0 aromatic carbocycles. The lowest BCUT2D eigenvalue weighted by atomic mass is 10.5. The number of hydrogen-bond acceptors (Lipinski definition) is 3. The number of ether oxygens (including phenoxy) is 1. The number of aromatic amines is 1. The molecule has 11 heavy (non-hydrogen) atoms. The number of nitrogens with zero attached hydrogens (tertiary/aromatic N) is 1. The Balaban J connectivity index is 2.66. The van der Waals surface area contributed by atoms with Crippen molar-refractivity contribution in [3.63, 3.8) is 0 Å². The molecule has 0 bridgehead atoms. The maximum absolute atomic E-state index is 10.5. The average Bonchev–Trinajstić information content (AvgIpc) is 2.52. The first-order valence-corrected chi connectivity index (χ1v) is 2.91. The highest BCUT2D eigenvalue weighted by Gasteiger charge is 1.89. The number of carbonyl (C=O) groups excluding carboxylic acids is 1. The molecule has 1 rings (SSSR count). The first-order valence-electron chi connectivity index (χ1n) is 2.91. The number of imidazole rings is 1. The topological polar surface area (TPSA) is 55.0 Å². The van der Waals surface area contributed by atoms with E-state index in [-0.39, 0.29) is 0 Å². The molecule has 4 heteroatoms. The molecule has 0 radical (unpaired) electrons. The molecule has 1 aromatic heterocycles. The molecule has 0 atom stereocenters. The summed E-state index contributed by atoms with van der Waals surface area (Å²) in [5.41, 5.74) is 0.593. The van der Waals surface area contributed by atoms with Crippen molar-refractivity contribution in [2.75, 3.05) is 7.11 Å². The van der Waals surface area contributed by atoms with Gasteiger partial charge in [0, 0.05) is 5.92 Å². The van der Waals surface area contributed by atoms with Gasteiger partial charge in [0.15, 0.2) is 0 Å². The predicted octanol–water partition coefficient (Wildman–Crippen LogP) is -0.0658. The quantitative estimate of drug-likeness (QED) is 0.416. The zero-order chi connectivity index (χ0) is 8.10. The van der Waals surface area contributed by atoms with E-state index in [1.807, 2.05) is 0 Å². The lowest BCUT2D eigenvalue weighted by Crippen LogP contribution is -1.94. The Hall–Kier alpha value is -1.76. The first-order chi connectivity index (χ1) is 5.33. The standard InChI is InChI=1S/C7H6N2O2/c1-11-7(10)3-2-6-4-8-5-9-6/h4-5H,1H3,(H,8,9). The summed E-state index contributed by atoms with van der Waals surface area (Å²) in [6.45, 7) is 0. The molecule has 0 saturated heterocycles. The minimum atomic E-state index is -0.556. The fourth-order valence-electron chi connectivity index (χ4n) is 0.494. The van der Waals surface area contributed by atoms with E-state index in [0.717, 1.165) is 0 Å². The van der Waals surface area contributed by atoms with Gasteiger partial charge in [-0.15, -0.1) is 0 Å². The monoisotopic (exact) mass is 150 g/mol. The normalized spacial score (nSPS) is 8.09. The number of rotatable bonds is 0. The molecule has 1 heterocycles. The number of hydrogen-bond donors (Lipinski definition) is 1. The second kappa shape index (κ2) is 3.42.